The predicted molar refractivity (Wildman–Crippen MR) is 78.4 cm³/mol. The lowest BCUT2D eigenvalue weighted by Gasteiger charge is -2.32. The Kier molecular flexibility index (Phi) is 5.81. The van der Waals surface area contributed by atoms with Crippen LogP contribution in [-0.2, 0) is 16.0 Å². The fraction of sp³-hybridized carbons (Fsp3) is 0.615. The van der Waals surface area contributed by atoms with Gasteiger partial charge in [-0.05, 0) is 40.9 Å². The first-order valence-corrected chi connectivity index (χ1v) is 8.04. The van der Waals surface area contributed by atoms with Gasteiger partial charge in [-0.25, -0.2) is 0 Å². The van der Waals surface area contributed by atoms with Gasteiger partial charge in [-0.3, -0.25) is 4.79 Å². The van der Waals surface area contributed by atoms with E-state index in [0.717, 1.165) is 16.6 Å². The molecule has 0 aliphatic carbocycles. The van der Waals surface area contributed by atoms with Gasteiger partial charge in [0.25, 0.3) is 0 Å². The van der Waals surface area contributed by atoms with Gasteiger partial charge in [-0.1, -0.05) is 0 Å². The second-order valence-electron chi connectivity index (χ2n) is 4.57. The first kappa shape index (κ1) is 15.0. The number of carbonyl (C=O) groups excluding carboxylic acids is 1. The molecular weight excluding hydrogens is 330 g/mol. The number of aliphatic hydroxyl groups excluding tert-OH is 1. The molecule has 1 aromatic rings. The number of rotatable bonds is 5. The van der Waals surface area contributed by atoms with Crippen LogP contribution in [0.5, 0.6) is 0 Å². The molecule has 0 spiro atoms. The standard InChI is InChI=1S/C13H18BrNO3S/c14-12-5-4-11(19-12)2-1-3-13(17)15-6-7-18-10(8-15)9-16/h4-5,10,16H,1-3,6-9H2. The van der Waals surface area contributed by atoms with Crippen molar-refractivity contribution in [2.45, 2.75) is 25.4 Å². The summed E-state index contributed by atoms with van der Waals surface area (Å²) in [6.07, 6.45) is 2.15. The molecule has 0 bridgehead atoms. The van der Waals surface area contributed by atoms with Crippen LogP contribution in [0.4, 0.5) is 0 Å². The number of morpholine rings is 1. The van der Waals surface area contributed by atoms with Gasteiger partial charge in [-0.2, -0.15) is 0 Å². The summed E-state index contributed by atoms with van der Waals surface area (Å²) in [4.78, 5) is 15.1. The van der Waals surface area contributed by atoms with Gasteiger partial charge in [0.05, 0.1) is 23.1 Å². The number of thiophene rings is 1. The molecule has 1 atom stereocenters. The van der Waals surface area contributed by atoms with Crippen LogP contribution in [0.1, 0.15) is 17.7 Å². The van der Waals surface area contributed by atoms with Crippen LogP contribution in [0.2, 0.25) is 0 Å². The Morgan fingerprint density at radius 1 is 1.58 bits per heavy atom. The van der Waals surface area contributed by atoms with Gasteiger partial charge < -0.3 is 14.7 Å². The number of carbonyl (C=O) groups is 1. The minimum absolute atomic E-state index is 0.0208. The van der Waals surface area contributed by atoms with E-state index in [0.29, 0.717) is 26.1 Å². The number of nitrogens with zero attached hydrogens (tertiary/aromatic N) is 1. The molecule has 1 fully saturated rings. The quantitative estimate of drug-likeness (QED) is 0.886. The summed E-state index contributed by atoms with van der Waals surface area (Å²) < 4.78 is 6.47. The molecule has 1 aliphatic rings. The summed E-state index contributed by atoms with van der Waals surface area (Å²) in [5, 5.41) is 9.05. The van der Waals surface area contributed by atoms with Gasteiger partial charge in [0, 0.05) is 24.4 Å². The molecule has 2 heterocycles. The summed E-state index contributed by atoms with van der Waals surface area (Å²) in [5.74, 6) is 0.164. The number of amides is 1. The topological polar surface area (TPSA) is 49.8 Å². The van der Waals surface area contributed by atoms with Crippen molar-refractivity contribution in [1.29, 1.82) is 0 Å². The molecule has 0 saturated carbocycles. The molecule has 1 amide bonds. The summed E-state index contributed by atoms with van der Waals surface area (Å²) in [6, 6.07) is 4.13. The average Bonchev–Trinajstić information content (AvgIpc) is 2.84. The molecule has 1 aliphatic heterocycles. The first-order chi connectivity index (χ1) is 9.19. The second-order valence-corrected chi connectivity index (χ2v) is 7.12. The minimum Gasteiger partial charge on any atom is -0.394 e. The van der Waals surface area contributed by atoms with Crippen molar-refractivity contribution in [3.05, 3.63) is 20.8 Å². The van der Waals surface area contributed by atoms with Gasteiger partial charge in [-0.15, -0.1) is 11.3 Å². The zero-order valence-corrected chi connectivity index (χ0v) is 13.1. The Labute approximate surface area is 125 Å². The molecule has 4 nitrogen and oxygen atoms in total. The van der Waals surface area contributed by atoms with Crippen LogP contribution < -0.4 is 0 Å². The van der Waals surface area contributed by atoms with E-state index in [1.165, 1.54) is 4.88 Å². The Morgan fingerprint density at radius 2 is 2.42 bits per heavy atom. The van der Waals surface area contributed by atoms with Crippen molar-refractivity contribution in [3.63, 3.8) is 0 Å². The molecule has 106 valence electrons. The van der Waals surface area contributed by atoms with Gasteiger partial charge in [0.1, 0.15) is 0 Å². The van der Waals surface area contributed by atoms with E-state index in [2.05, 4.69) is 22.0 Å². The van der Waals surface area contributed by atoms with E-state index in [-0.39, 0.29) is 18.6 Å². The third-order valence-corrected chi connectivity index (χ3v) is 4.82. The summed E-state index contributed by atoms with van der Waals surface area (Å²) in [5.41, 5.74) is 0. The average molecular weight is 348 g/mol. The van der Waals surface area contributed by atoms with Crippen molar-refractivity contribution in [1.82, 2.24) is 4.90 Å². The van der Waals surface area contributed by atoms with Crippen molar-refractivity contribution in [2.24, 2.45) is 0 Å². The van der Waals surface area contributed by atoms with Crippen molar-refractivity contribution in [3.8, 4) is 0 Å². The lowest BCUT2D eigenvalue weighted by molar-refractivity contribution is -0.140. The molecule has 0 aromatic carbocycles. The van der Waals surface area contributed by atoms with Crippen molar-refractivity contribution >= 4 is 33.2 Å². The van der Waals surface area contributed by atoms with E-state index in [1.807, 2.05) is 6.07 Å². The van der Waals surface area contributed by atoms with Crippen LogP contribution in [0.25, 0.3) is 0 Å². The summed E-state index contributed by atoms with van der Waals surface area (Å²) in [6.45, 7) is 1.65. The smallest absolute Gasteiger partial charge is 0.222 e. The van der Waals surface area contributed by atoms with Crippen LogP contribution in [0.3, 0.4) is 0 Å². The normalized spacial score (nSPS) is 19.7. The van der Waals surface area contributed by atoms with Crippen LogP contribution in [0.15, 0.2) is 15.9 Å². The zero-order valence-electron chi connectivity index (χ0n) is 10.7. The predicted octanol–water partition coefficient (Wildman–Crippen LogP) is 2.05. The third-order valence-electron chi connectivity index (χ3n) is 3.14. The van der Waals surface area contributed by atoms with Crippen LogP contribution >= 0.6 is 27.3 Å². The molecule has 1 aromatic heterocycles. The van der Waals surface area contributed by atoms with Crippen LogP contribution in [0, 0.1) is 0 Å². The Bertz CT molecular complexity index is 424. The van der Waals surface area contributed by atoms with E-state index in [1.54, 1.807) is 16.2 Å². The highest BCUT2D eigenvalue weighted by Crippen LogP contribution is 2.23. The zero-order chi connectivity index (χ0) is 13.7. The fourth-order valence-electron chi connectivity index (χ4n) is 2.11. The minimum atomic E-state index is -0.217. The number of aryl methyl sites for hydroxylation is 1. The fourth-order valence-corrected chi connectivity index (χ4v) is 3.64. The maximum Gasteiger partial charge on any atom is 0.222 e. The molecule has 0 radical (unpaired) electrons. The van der Waals surface area contributed by atoms with Crippen LogP contribution in [-0.4, -0.2) is 48.3 Å². The molecular formula is C13H18BrNO3S. The number of halogens is 1. The number of hydrogen-bond acceptors (Lipinski definition) is 4. The number of hydrogen-bond donors (Lipinski definition) is 1. The largest absolute Gasteiger partial charge is 0.394 e. The Morgan fingerprint density at radius 3 is 3.11 bits per heavy atom. The number of aliphatic hydroxyl groups is 1. The van der Waals surface area contributed by atoms with E-state index >= 15 is 0 Å². The van der Waals surface area contributed by atoms with Crippen molar-refractivity contribution in [2.75, 3.05) is 26.3 Å². The highest BCUT2D eigenvalue weighted by molar-refractivity contribution is 9.11. The molecule has 6 heteroatoms. The third kappa shape index (κ3) is 4.56. The Balaban J connectivity index is 1.72. The molecule has 1 unspecified atom stereocenters. The SMILES string of the molecule is O=C(CCCc1ccc(Br)s1)N1CCOC(CO)C1. The Hall–Kier alpha value is -0.430. The number of ether oxygens (including phenoxy) is 1. The van der Waals surface area contributed by atoms with Crippen molar-refractivity contribution < 1.29 is 14.6 Å². The maximum atomic E-state index is 12.0. The van der Waals surface area contributed by atoms with Gasteiger partial charge in [0.2, 0.25) is 5.91 Å². The second kappa shape index (κ2) is 7.38. The molecule has 19 heavy (non-hydrogen) atoms. The summed E-state index contributed by atoms with van der Waals surface area (Å²) in [7, 11) is 0. The first-order valence-electron chi connectivity index (χ1n) is 6.43. The molecule has 2 rings (SSSR count). The highest BCUT2D eigenvalue weighted by Gasteiger charge is 2.23. The van der Waals surface area contributed by atoms with E-state index in [4.69, 9.17) is 9.84 Å². The van der Waals surface area contributed by atoms with Gasteiger partial charge in [0.15, 0.2) is 0 Å². The molecule has 1 saturated heterocycles. The van der Waals surface area contributed by atoms with E-state index < -0.39 is 0 Å². The maximum absolute atomic E-state index is 12.0. The molecule has 1 N–H and O–H groups in total. The summed E-state index contributed by atoms with van der Waals surface area (Å²) >= 11 is 5.15. The monoisotopic (exact) mass is 347 g/mol. The lowest BCUT2D eigenvalue weighted by atomic mass is 10.2. The van der Waals surface area contributed by atoms with Gasteiger partial charge >= 0.3 is 0 Å². The lowest BCUT2D eigenvalue weighted by Crippen LogP contribution is -2.46. The highest BCUT2D eigenvalue weighted by atomic mass is 79.9. The van der Waals surface area contributed by atoms with E-state index in [9.17, 15) is 4.79 Å².